The normalized spacial score (nSPS) is 20.4. The van der Waals surface area contributed by atoms with Crippen molar-refractivity contribution in [3.8, 4) is 0 Å². The minimum absolute atomic E-state index is 0.200. The summed E-state index contributed by atoms with van der Waals surface area (Å²) < 4.78 is 18.9. The van der Waals surface area contributed by atoms with Crippen molar-refractivity contribution in [3.05, 3.63) is 77.9 Å². The lowest BCUT2D eigenvalue weighted by Crippen LogP contribution is -2.45. The maximum atomic E-state index is 6.93. The molecule has 0 N–H and O–H groups in total. The van der Waals surface area contributed by atoms with Crippen molar-refractivity contribution in [2.24, 2.45) is 5.92 Å². The van der Waals surface area contributed by atoms with Gasteiger partial charge in [-0.15, -0.1) is 0 Å². The van der Waals surface area contributed by atoms with Crippen LogP contribution in [-0.2, 0) is 20.5 Å². The second kappa shape index (κ2) is 12.3. The molecule has 3 rings (SSSR count). The molecular formula is C30H44O3Si. The Morgan fingerprint density at radius 2 is 1.65 bits per heavy atom. The average Bonchev–Trinajstić information content (AvgIpc) is 3.54. The highest BCUT2D eigenvalue weighted by atomic mass is 28.4. The van der Waals surface area contributed by atoms with Crippen LogP contribution in [0, 0.1) is 5.92 Å². The second-order valence-corrected chi connectivity index (χ2v) is 16.0. The van der Waals surface area contributed by atoms with Crippen LogP contribution in [-0.4, -0.2) is 33.2 Å². The van der Waals surface area contributed by atoms with Gasteiger partial charge in [-0.05, 0) is 54.4 Å². The van der Waals surface area contributed by atoms with Crippen molar-refractivity contribution in [1.82, 2.24) is 0 Å². The first kappa shape index (κ1) is 26.9. The summed E-state index contributed by atoms with van der Waals surface area (Å²) in [6.07, 6.45) is 8.22. The Morgan fingerprint density at radius 3 is 2.29 bits per heavy atom. The number of hydrogen-bond acceptors (Lipinski definition) is 3. The van der Waals surface area contributed by atoms with Crippen LogP contribution in [0.1, 0.15) is 58.1 Å². The highest BCUT2D eigenvalue weighted by Crippen LogP contribution is 2.40. The number of ether oxygens (including phenoxy) is 2. The molecule has 1 fully saturated rings. The Balaban J connectivity index is 1.50. The maximum absolute atomic E-state index is 6.93. The Kier molecular flexibility index (Phi) is 9.72. The maximum Gasteiger partial charge on any atom is 0.192 e. The fraction of sp³-hybridized carbons (Fsp3) is 0.533. The molecule has 1 aliphatic rings. The van der Waals surface area contributed by atoms with Crippen LogP contribution < -0.4 is 0 Å². The van der Waals surface area contributed by atoms with Crippen LogP contribution >= 0.6 is 0 Å². The van der Waals surface area contributed by atoms with Gasteiger partial charge in [-0.25, -0.2) is 0 Å². The van der Waals surface area contributed by atoms with E-state index in [1.54, 1.807) is 0 Å². The van der Waals surface area contributed by atoms with E-state index >= 15 is 0 Å². The third-order valence-electron chi connectivity index (χ3n) is 7.28. The minimum Gasteiger partial charge on any atom is -0.414 e. The van der Waals surface area contributed by atoms with Crippen molar-refractivity contribution >= 4 is 14.4 Å². The zero-order chi connectivity index (χ0) is 24.6. The first-order valence-electron chi connectivity index (χ1n) is 12.8. The fourth-order valence-corrected chi connectivity index (χ4v) is 5.43. The summed E-state index contributed by atoms with van der Waals surface area (Å²) in [7, 11) is -1.85. The lowest BCUT2D eigenvalue weighted by Gasteiger charge is -2.41. The summed E-state index contributed by atoms with van der Waals surface area (Å²) in [5, 5.41) is 0.200. The van der Waals surface area contributed by atoms with Crippen LogP contribution in [0.15, 0.2) is 66.7 Å². The van der Waals surface area contributed by atoms with E-state index in [-0.39, 0.29) is 17.2 Å². The molecule has 34 heavy (non-hydrogen) atoms. The number of rotatable bonds is 13. The summed E-state index contributed by atoms with van der Waals surface area (Å²) in [4.78, 5) is 0. The fourth-order valence-electron chi connectivity index (χ4n) is 3.97. The van der Waals surface area contributed by atoms with Gasteiger partial charge < -0.3 is 13.9 Å². The third kappa shape index (κ3) is 8.49. The largest absolute Gasteiger partial charge is 0.414 e. The summed E-state index contributed by atoms with van der Waals surface area (Å²) in [5.74, 6) is 0.448. The van der Waals surface area contributed by atoms with Gasteiger partial charge in [0, 0.05) is 12.7 Å². The van der Waals surface area contributed by atoms with Crippen molar-refractivity contribution in [2.75, 3.05) is 6.61 Å². The molecule has 1 aliphatic heterocycles. The monoisotopic (exact) mass is 480 g/mol. The van der Waals surface area contributed by atoms with Crippen LogP contribution in [0.25, 0.3) is 6.08 Å². The van der Waals surface area contributed by atoms with Crippen LogP contribution in [0.5, 0.6) is 0 Å². The van der Waals surface area contributed by atoms with Gasteiger partial charge in [-0.2, -0.15) is 0 Å². The Morgan fingerprint density at radius 1 is 1.00 bits per heavy atom. The molecule has 0 spiro atoms. The third-order valence-corrected chi connectivity index (χ3v) is 11.8. The van der Waals surface area contributed by atoms with Gasteiger partial charge in [-0.3, -0.25) is 0 Å². The molecule has 0 amide bonds. The van der Waals surface area contributed by atoms with Gasteiger partial charge in [0.2, 0.25) is 0 Å². The predicted molar refractivity (Wildman–Crippen MR) is 145 cm³/mol. The molecule has 1 saturated heterocycles. The lowest BCUT2D eigenvalue weighted by atomic mass is 9.94. The molecule has 0 saturated carbocycles. The van der Waals surface area contributed by atoms with E-state index in [4.69, 9.17) is 13.9 Å². The topological polar surface area (TPSA) is 31.0 Å². The van der Waals surface area contributed by atoms with E-state index in [0.717, 1.165) is 25.9 Å². The quantitative estimate of drug-likeness (QED) is 0.166. The van der Waals surface area contributed by atoms with E-state index in [2.05, 4.69) is 101 Å². The summed E-state index contributed by atoms with van der Waals surface area (Å²) in [5.41, 5.74) is 2.45. The minimum atomic E-state index is -1.85. The molecule has 2 aromatic rings. The first-order chi connectivity index (χ1) is 16.2. The molecular weight excluding hydrogens is 436 g/mol. The Bertz CT molecular complexity index is 873. The van der Waals surface area contributed by atoms with Crippen LogP contribution in [0.4, 0.5) is 0 Å². The van der Waals surface area contributed by atoms with Crippen LogP contribution in [0.2, 0.25) is 18.1 Å². The Hall–Kier alpha value is -1.72. The number of hydrogen-bond donors (Lipinski definition) is 0. The number of benzene rings is 2. The van der Waals surface area contributed by atoms with Crippen LogP contribution in [0.3, 0.4) is 0 Å². The highest BCUT2D eigenvalue weighted by Gasteiger charge is 2.42. The molecule has 0 aromatic heterocycles. The van der Waals surface area contributed by atoms with Gasteiger partial charge in [0.15, 0.2) is 8.32 Å². The van der Waals surface area contributed by atoms with Gasteiger partial charge in [0.1, 0.15) is 6.10 Å². The molecule has 0 bridgehead atoms. The van der Waals surface area contributed by atoms with Crippen molar-refractivity contribution in [3.63, 3.8) is 0 Å². The van der Waals surface area contributed by atoms with E-state index in [0.29, 0.717) is 18.6 Å². The van der Waals surface area contributed by atoms with Gasteiger partial charge in [-0.1, -0.05) is 101 Å². The van der Waals surface area contributed by atoms with E-state index in [1.807, 2.05) is 12.1 Å². The standard InChI is InChI=1S/C30H44O3Si/c1-24(22-29-28(32-29)20-19-25-14-9-7-10-15-25)27(33-34(5,6)30(2,3)4)18-13-21-31-23-26-16-11-8-12-17-26/h7-12,14-17,19-20,24,27-29H,13,18,21-23H2,1-6H3/b20-19+/t24-,27-,28-,29-/m0/s1. The molecule has 2 aromatic carbocycles. The summed E-state index contributed by atoms with van der Waals surface area (Å²) in [6.45, 7) is 15.4. The van der Waals surface area contributed by atoms with Crippen molar-refractivity contribution in [2.45, 2.75) is 90.0 Å². The zero-order valence-corrected chi connectivity index (χ0v) is 23.0. The highest BCUT2D eigenvalue weighted by molar-refractivity contribution is 6.74. The Labute approximate surface area is 208 Å². The van der Waals surface area contributed by atoms with Gasteiger partial charge in [0.25, 0.3) is 0 Å². The summed E-state index contributed by atoms with van der Waals surface area (Å²) in [6, 6.07) is 20.8. The molecule has 0 radical (unpaired) electrons. The van der Waals surface area contributed by atoms with E-state index in [9.17, 15) is 0 Å². The molecule has 0 unspecified atom stereocenters. The van der Waals surface area contributed by atoms with Crippen molar-refractivity contribution in [1.29, 1.82) is 0 Å². The summed E-state index contributed by atoms with van der Waals surface area (Å²) >= 11 is 0. The lowest BCUT2D eigenvalue weighted by molar-refractivity contribution is 0.0767. The second-order valence-electron chi connectivity index (χ2n) is 11.2. The molecule has 0 aliphatic carbocycles. The van der Waals surface area contributed by atoms with E-state index in [1.165, 1.54) is 11.1 Å². The average molecular weight is 481 g/mol. The SMILES string of the molecule is C[C@@H](C[C@@H]1O[C@H]1/C=C/c1ccccc1)[C@H](CCCOCc1ccccc1)O[Si](C)(C)C(C)(C)C. The smallest absolute Gasteiger partial charge is 0.192 e. The number of epoxide rings is 1. The molecule has 4 atom stereocenters. The zero-order valence-electron chi connectivity index (χ0n) is 22.0. The van der Waals surface area contributed by atoms with Gasteiger partial charge in [0.05, 0.1) is 12.7 Å². The van der Waals surface area contributed by atoms with Gasteiger partial charge >= 0.3 is 0 Å². The molecule has 186 valence electrons. The molecule has 4 heteroatoms. The first-order valence-corrected chi connectivity index (χ1v) is 15.7. The predicted octanol–water partition coefficient (Wildman–Crippen LogP) is 7.88. The van der Waals surface area contributed by atoms with Crippen molar-refractivity contribution < 1.29 is 13.9 Å². The van der Waals surface area contributed by atoms with E-state index < -0.39 is 8.32 Å². The molecule has 3 nitrogen and oxygen atoms in total. The molecule has 1 heterocycles.